The lowest BCUT2D eigenvalue weighted by Gasteiger charge is -2.12. The van der Waals surface area contributed by atoms with Crippen molar-refractivity contribution in [3.63, 3.8) is 0 Å². The van der Waals surface area contributed by atoms with E-state index in [9.17, 15) is 0 Å². The van der Waals surface area contributed by atoms with E-state index in [1.54, 1.807) is 0 Å². The molecule has 1 aromatic heterocycles. The molecule has 1 N–H and O–H groups in total. The number of aryl methyl sites for hydroxylation is 2. The molecule has 0 aliphatic carbocycles. The van der Waals surface area contributed by atoms with Crippen LogP contribution in [0.25, 0.3) is 0 Å². The summed E-state index contributed by atoms with van der Waals surface area (Å²) in [6, 6.07) is 1.96. The molecule has 0 aromatic carbocycles. The summed E-state index contributed by atoms with van der Waals surface area (Å²) in [5.41, 5.74) is 6.11. The van der Waals surface area contributed by atoms with Crippen LogP contribution in [0, 0.1) is 25.7 Å². The van der Waals surface area contributed by atoms with Crippen LogP contribution in [-0.2, 0) is 0 Å². The number of rotatable bonds is 6. The quantitative estimate of drug-likeness (QED) is 0.623. The smallest absolute Gasteiger partial charge is 0.243 e. The second-order valence-corrected chi connectivity index (χ2v) is 5.96. The molecule has 0 saturated heterocycles. The molecule has 106 valence electrons. The van der Waals surface area contributed by atoms with Crippen molar-refractivity contribution in [2.45, 2.75) is 54.4 Å². The number of hydrogen-bond acceptors (Lipinski definition) is 4. The predicted molar refractivity (Wildman–Crippen MR) is 81.5 cm³/mol. The van der Waals surface area contributed by atoms with Crippen molar-refractivity contribution < 1.29 is 0 Å². The first-order valence-corrected chi connectivity index (χ1v) is 7.00. The molecule has 0 spiro atoms. The largest absolute Gasteiger partial charge is 0.245 e. The summed E-state index contributed by atoms with van der Waals surface area (Å²) in [5, 5.41) is 4.50. The fourth-order valence-corrected chi connectivity index (χ4v) is 2.02. The van der Waals surface area contributed by atoms with Gasteiger partial charge in [0.2, 0.25) is 5.95 Å². The molecular weight excluding hydrogens is 236 g/mol. The standard InChI is InChI=1S/C15H26N4/c1-10(2)7-14(8-11(3)4)18-19-15-16-12(5)9-13(6)17-15/h9-11H,7-8H2,1-6H3,(H,16,17,19). The molecule has 0 bridgehead atoms. The first-order chi connectivity index (χ1) is 8.86. The molecule has 0 aliphatic rings. The van der Waals surface area contributed by atoms with E-state index in [-0.39, 0.29) is 0 Å². The zero-order valence-corrected chi connectivity index (χ0v) is 13.0. The van der Waals surface area contributed by atoms with Gasteiger partial charge in [0.05, 0.1) is 0 Å². The van der Waals surface area contributed by atoms with Crippen molar-refractivity contribution in [3.05, 3.63) is 17.5 Å². The second kappa shape index (κ2) is 7.22. The Labute approximate surface area is 116 Å². The lowest BCUT2D eigenvalue weighted by molar-refractivity contribution is 0.634. The third-order valence-electron chi connectivity index (χ3n) is 2.58. The average molecular weight is 262 g/mol. The monoisotopic (exact) mass is 262 g/mol. The van der Waals surface area contributed by atoms with E-state index < -0.39 is 0 Å². The molecule has 0 aliphatic heterocycles. The summed E-state index contributed by atoms with van der Waals surface area (Å²) >= 11 is 0. The summed E-state index contributed by atoms with van der Waals surface area (Å²) in [4.78, 5) is 8.67. The summed E-state index contributed by atoms with van der Waals surface area (Å²) in [7, 11) is 0. The van der Waals surface area contributed by atoms with Crippen molar-refractivity contribution in [2.75, 3.05) is 5.43 Å². The topological polar surface area (TPSA) is 50.2 Å². The normalized spacial score (nSPS) is 10.9. The highest BCUT2D eigenvalue weighted by Crippen LogP contribution is 2.11. The Balaban J connectivity index is 2.78. The SMILES string of the molecule is Cc1cc(C)nc(NN=C(CC(C)C)CC(C)C)n1. The zero-order chi connectivity index (χ0) is 14.4. The highest BCUT2D eigenvalue weighted by molar-refractivity contribution is 5.85. The minimum absolute atomic E-state index is 0.586. The van der Waals surface area contributed by atoms with Crippen LogP contribution in [0.3, 0.4) is 0 Å². The Morgan fingerprint density at radius 1 is 1.05 bits per heavy atom. The van der Waals surface area contributed by atoms with E-state index in [0.29, 0.717) is 17.8 Å². The Bertz CT molecular complexity index is 404. The predicted octanol–water partition coefficient (Wildman–Crippen LogP) is 3.95. The molecule has 0 saturated carbocycles. The van der Waals surface area contributed by atoms with Gasteiger partial charge in [0.15, 0.2) is 0 Å². The fourth-order valence-electron chi connectivity index (χ4n) is 2.02. The van der Waals surface area contributed by atoms with Crippen LogP contribution in [0.15, 0.2) is 11.2 Å². The third kappa shape index (κ3) is 6.32. The molecule has 1 aromatic rings. The number of nitrogens with zero attached hydrogens (tertiary/aromatic N) is 3. The molecule has 0 amide bonds. The van der Waals surface area contributed by atoms with Crippen LogP contribution in [-0.4, -0.2) is 15.7 Å². The van der Waals surface area contributed by atoms with Crippen LogP contribution in [0.1, 0.15) is 51.9 Å². The van der Waals surface area contributed by atoms with Gasteiger partial charge < -0.3 is 0 Å². The minimum atomic E-state index is 0.586. The van der Waals surface area contributed by atoms with Crippen molar-refractivity contribution in [3.8, 4) is 0 Å². The first-order valence-electron chi connectivity index (χ1n) is 7.00. The van der Waals surface area contributed by atoms with Crippen LogP contribution in [0.4, 0.5) is 5.95 Å². The average Bonchev–Trinajstić information content (AvgIpc) is 2.23. The van der Waals surface area contributed by atoms with E-state index in [1.165, 1.54) is 5.71 Å². The first kappa shape index (κ1) is 15.6. The molecule has 4 nitrogen and oxygen atoms in total. The maximum absolute atomic E-state index is 4.50. The van der Waals surface area contributed by atoms with Crippen LogP contribution >= 0.6 is 0 Å². The Kier molecular flexibility index (Phi) is 5.93. The van der Waals surface area contributed by atoms with E-state index in [2.05, 4.69) is 48.2 Å². The Hall–Kier alpha value is -1.45. The third-order valence-corrected chi connectivity index (χ3v) is 2.58. The summed E-state index contributed by atoms with van der Waals surface area (Å²) in [6.45, 7) is 12.8. The molecule has 4 heteroatoms. The van der Waals surface area contributed by atoms with Gasteiger partial charge in [-0.15, -0.1) is 0 Å². The molecule has 1 rings (SSSR count). The second-order valence-electron chi connectivity index (χ2n) is 5.96. The molecule has 1 heterocycles. The number of hydrazone groups is 1. The van der Waals surface area contributed by atoms with E-state index >= 15 is 0 Å². The van der Waals surface area contributed by atoms with Gasteiger partial charge in [0.25, 0.3) is 0 Å². The summed E-state index contributed by atoms with van der Waals surface area (Å²) in [5.74, 6) is 1.81. The van der Waals surface area contributed by atoms with Gasteiger partial charge in [-0.2, -0.15) is 5.10 Å². The van der Waals surface area contributed by atoms with Gasteiger partial charge in [-0.1, -0.05) is 27.7 Å². The molecule has 0 atom stereocenters. The van der Waals surface area contributed by atoms with Crippen LogP contribution in [0.2, 0.25) is 0 Å². The van der Waals surface area contributed by atoms with Crippen molar-refractivity contribution in [1.29, 1.82) is 0 Å². The molecule has 0 fully saturated rings. The molecule has 19 heavy (non-hydrogen) atoms. The van der Waals surface area contributed by atoms with E-state index in [1.807, 2.05) is 19.9 Å². The van der Waals surface area contributed by atoms with Crippen LogP contribution < -0.4 is 5.43 Å². The molecular formula is C15H26N4. The molecule has 0 unspecified atom stereocenters. The minimum Gasteiger partial charge on any atom is -0.245 e. The molecule has 0 radical (unpaired) electrons. The van der Waals surface area contributed by atoms with Gasteiger partial charge in [0.1, 0.15) is 0 Å². The van der Waals surface area contributed by atoms with Crippen molar-refractivity contribution >= 4 is 11.7 Å². The summed E-state index contributed by atoms with van der Waals surface area (Å²) in [6.07, 6.45) is 2.02. The Morgan fingerprint density at radius 3 is 1.95 bits per heavy atom. The lowest BCUT2D eigenvalue weighted by atomic mass is 9.99. The van der Waals surface area contributed by atoms with Gasteiger partial charge in [-0.3, -0.25) is 0 Å². The highest BCUT2D eigenvalue weighted by Gasteiger charge is 2.07. The Morgan fingerprint density at radius 2 is 1.53 bits per heavy atom. The van der Waals surface area contributed by atoms with E-state index in [4.69, 9.17) is 0 Å². The number of aromatic nitrogens is 2. The van der Waals surface area contributed by atoms with E-state index in [0.717, 1.165) is 24.2 Å². The lowest BCUT2D eigenvalue weighted by Crippen LogP contribution is -2.10. The maximum Gasteiger partial charge on any atom is 0.243 e. The van der Waals surface area contributed by atoms with Gasteiger partial charge in [0, 0.05) is 17.1 Å². The van der Waals surface area contributed by atoms with Crippen molar-refractivity contribution in [2.24, 2.45) is 16.9 Å². The van der Waals surface area contributed by atoms with Crippen LogP contribution in [0.5, 0.6) is 0 Å². The number of anilines is 1. The maximum atomic E-state index is 4.50. The van der Waals surface area contributed by atoms with Gasteiger partial charge in [-0.05, 0) is 44.6 Å². The summed E-state index contributed by atoms with van der Waals surface area (Å²) < 4.78 is 0. The number of nitrogens with one attached hydrogen (secondary N) is 1. The number of hydrogen-bond donors (Lipinski definition) is 1. The van der Waals surface area contributed by atoms with Crippen molar-refractivity contribution in [1.82, 2.24) is 9.97 Å². The highest BCUT2D eigenvalue weighted by atomic mass is 15.4. The fraction of sp³-hybridized carbons (Fsp3) is 0.667. The zero-order valence-electron chi connectivity index (χ0n) is 13.0. The van der Waals surface area contributed by atoms with Gasteiger partial charge in [-0.25, -0.2) is 15.4 Å². The van der Waals surface area contributed by atoms with Gasteiger partial charge >= 0.3 is 0 Å².